The summed E-state index contributed by atoms with van der Waals surface area (Å²) in [6.07, 6.45) is -1.59. The van der Waals surface area contributed by atoms with E-state index in [4.69, 9.17) is 4.42 Å². The number of ketones is 1. The first-order valence-corrected chi connectivity index (χ1v) is 11.5. The van der Waals surface area contributed by atoms with E-state index in [2.05, 4.69) is 0 Å². The summed E-state index contributed by atoms with van der Waals surface area (Å²) in [5, 5.41) is 54.9. The third-order valence-corrected chi connectivity index (χ3v) is 9.91. The van der Waals surface area contributed by atoms with Crippen LogP contribution in [0.5, 0.6) is 0 Å². The summed E-state index contributed by atoms with van der Waals surface area (Å²) in [6, 6.07) is 2.91. The number of rotatable bonds is 1. The monoisotopic (exact) mass is 448 g/mol. The fourth-order valence-electron chi connectivity index (χ4n) is 8.28. The molecule has 4 aliphatic carbocycles. The molecule has 8 heteroatoms. The van der Waals surface area contributed by atoms with E-state index in [9.17, 15) is 35.1 Å². The van der Waals surface area contributed by atoms with Crippen LogP contribution in [0.4, 0.5) is 0 Å². The minimum Gasteiger partial charge on any atom is -0.431 e. The van der Waals surface area contributed by atoms with Crippen LogP contribution >= 0.6 is 0 Å². The predicted molar refractivity (Wildman–Crippen MR) is 111 cm³/mol. The van der Waals surface area contributed by atoms with E-state index in [1.165, 1.54) is 12.3 Å². The third-order valence-electron chi connectivity index (χ3n) is 9.91. The van der Waals surface area contributed by atoms with Crippen LogP contribution in [-0.2, 0) is 4.79 Å². The lowest BCUT2D eigenvalue weighted by atomic mass is 9.41. The Kier molecular flexibility index (Phi) is 4.84. The van der Waals surface area contributed by atoms with Crippen LogP contribution in [0.2, 0.25) is 0 Å². The zero-order valence-corrected chi connectivity index (χ0v) is 18.3. The Morgan fingerprint density at radius 3 is 2.31 bits per heavy atom. The molecule has 176 valence electrons. The van der Waals surface area contributed by atoms with Crippen LogP contribution in [0.15, 0.2) is 27.6 Å². The standard InChI is InChI=1S/C24H32O8/c1-22-9-15(25)19(28)18(27)14(22)5-4-13-17(22)20(29)21(30)23(2)12(7-8-24(13,23)31)11-3-6-16(26)32-10-11/h3,6,10,12-15,17-20,25,27-29,31H,4-5,7-9H2,1-2H3/t12-,13-,14+,15-,17-,18-,19+,20+,22+,23+,24+/m1/s1. The Hall–Kier alpha value is -1.58. The quantitative estimate of drug-likeness (QED) is 0.413. The highest BCUT2D eigenvalue weighted by atomic mass is 16.4. The van der Waals surface area contributed by atoms with E-state index in [0.717, 1.165) is 0 Å². The summed E-state index contributed by atoms with van der Waals surface area (Å²) in [6.45, 7) is 3.56. The van der Waals surface area contributed by atoms with E-state index in [1.54, 1.807) is 13.0 Å². The molecular formula is C24H32O8. The topological polar surface area (TPSA) is 148 Å². The van der Waals surface area contributed by atoms with Crippen LogP contribution in [-0.4, -0.2) is 61.3 Å². The molecule has 1 heterocycles. The lowest BCUT2D eigenvalue weighted by Gasteiger charge is -2.65. The summed E-state index contributed by atoms with van der Waals surface area (Å²) in [5.74, 6) is -2.30. The minimum atomic E-state index is -1.38. The van der Waals surface area contributed by atoms with E-state index in [-0.39, 0.29) is 6.42 Å². The molecule has 4 fully saturated rings. The van der Waals surface area contributed by atoms with Crippen LogP contribution in [0, 0.1) is 28.6 Å². The van der Waals surface area contributed by atoms with E-state index in [0.29, 0.717) is 31.2 Å². The molecule has 0 unspecified atom stereocenters. The second-order valence-corrected chi connectivity index (χ2v) is 11.0. The molecule has 5 N–H and O–H groups in total. The van der Waals surface area contributed by atoms with Crippen LogP contribution in [0.1, 0.15) is 57.4 Å². The van der Waals surface area contributed by atoms with Crippen LogP contribution in [0.25, 0.3) is 0 Å². The van der Waals surface area contributed by atoms with Crippen molar-refractivity contribution in [2.75, 3.05) is 0 Å². The Bertz CT molecular complexity index is 970. The molecule has 8 nitrogen and oxygen atoms in total. The van der Waals surface area contributed by atoms with Gasteiger partial charge in [0.1, 0.15) is 12.2 Å². The number of Topliss-reactive ketones (excluding diaryl/α,β-unsaturated/α-hetero) is 1. The maximum absolute atomic E-state index is 13.8. The number of aliphatic hydroxyl groups is 5. The van der Waals surface area contributed by atoms with Gasteiger partial charge in [-0.3, -0.25) is 4.79 Å². The number of fused-ring (bicyclic) bond motifs is 5. The Morgan fingerprint density at radius 2 is 1.66 bits per heavy atom. The van der Waals surface area contributed by atoms with Crippen molar-refractivity contribution in [2.45, 2.75) is 81.9 Å². The van der Waals surface area contributed by atoms with Gasteiger partial charge in [-0.25, -0.2) is 4.79 Å². The highest BCUT2D eigenvalue weighted by Crippen LogP contribution is 2.69. The second-order valence-electron chi connectivity index (χ2n) is 11.0. The molecule has 32 heavy (non-hydrogen) atoms. The number of carbonyl (C=O) groups excluding carboxylic acids is 1. The molecule has 0 spiro atoms. The van der Waals surface area contributed by atoms with Gasteiger partial charge in [-0.15, -0.1) is 0 Å². The molecule has 11 atom stereocenters. The number of aliphatic hydroxyl groups excluding tert-OH is 4. The molecule has 1 aromatic heterocycles. The van der Waals surface area contributed by atoms with E-state index < -0.39 is 75.9 Å². The summed E-state index contributed by atoms with van der Waals surface area (Å²) in [5.41, 5.74) is -3.31. The van der Waals surface area contributed by atoms with Crippen molar-refractivity contribution >= 4 is 5.78 Å². The number of carbonyl (C=O) groups is 1. The average Bonchev–Trinajstić information content (AvgIpc) is 3.03. The molecule has 1 aromatic rings. The fraction of sp³-hybridized carbons (Fsp3) is 0.750. The molecule has 4 saturated carbocycles. The predicted octanol–water partition coefficient (Wildman–Crippen LogP) is 0.333. The SMILES string of the molecule is C[C@]12C[C@@H](O)[C@H](O)[C@H](O)[C@@H]1CC[C@@H]1[C@@H]2[C@H](O)C(=O)[C@]2(C)[C@@H](c3ccc(=O)oc3)CC[C@]12O. The summed E-state index contributed by atoms with van der Waals surface area (Å²) in [7, 11) is 0. The van der Waals surface area contributed by atoms with Gasteiger partial charge in [0.15, 0.2) is 5.78 Å². The molecule has 0 aromatic carbocycles. The van der Waals surface area contributed by atoms with Crippen molar-refractivity contribution in [1.82, 2.24) is 0 Å². The summed E-state index contributed by atoms with van der Waals surface area (Å²) >= 11 is 0. The Balaban J connectivity index is 1.59. The van der Waals surface area contributed by atoms with Gasteiger partial charge in [-0.2, -0.15) is 0 Å². The van der Waals surface area contributed by atoms with Crippen molar-refractivity contribution in [3.8, 4) is 0 Å². The Labute approximate surface area is 185 Å². The normalized spacial score (nSPS) is 52.8. The molecule has 0 amide bonds. The maximum atomic E-state index is 13.8. The lowest BCUT2D eigenvalue weighted by molar-refractivity contribution is -0.253. The smallest absolute Gasteiger partial charge is 0.335 e. The molecule has 5 rings (SSSR count). The fourth-order valence-corrected chi connectivity index (χ4v) is 8.28. The first-order valence-electron chi connectivity index (χ1n) is 11.5. The second kappa shape index (κ2) is 6.96. The van der Waals surface area contributed by atoms with Crippen molar-refractivity contribution in [3.63, 3.8) is 0 Å². The average molecular weight is 449 g/mol. The number of hydrogen-bond donors (Lipinski definition) is 5. The summed E-state index contributed by atoms with van der Waals surface area (Å²) in [4.78, 5) is 25.2. The zero-order chi connectivity index (χ0) is 23.2. The van der Waals surface area contributed by atoms with Gasteiger partial charge < -0.3 is 29.9 Å². The van der Waals surface area contributed by atoms with Gasteiger partial charge in [-0.05, 0) is 67.9 Å². The van der Waals surface area contributed by atoms with Gasteiger partial charge in [0.2, 0.25) is 0 Å². The third kappa shape index (κ3) is 2.56. The highest BCUT2D eigenvalue weighted by Gasteiger charge is 2.74. The van der Waals surface area contributed by atoms with Crippen LogP contribution in [0.3, 0.4) is 0 Å². The molecule has 0 radical (unpaired) electrons. The van der Waals surface area contributed by atoms with Gasteiger partial charge in [0, 0.05) is 17.9 Å². The summed E-state index contributed by atoms with van der Waals surface area (Å²) < 4.78 is 5.03. The first kappa shape index (κ1) is 22.2. The van der Waals surface area contributed by atoms with E-state index >= 15 is 0 Å². The van der Waals surface area contributed by atoms with Gasteiger partial charge in [0.05, 0.1) is 29.5 Å². The molecule has 0 aliphatic heterocycles. The van der Waals surface area contributed by atoms with Gasteiger partial charge in [0.25, 0.3) is 0 Å². The van der Waals surface area contributed by atoms with Crippen molar-refractivity contribution in [2.24, 2.45) is 28.6 Å². The number of hydrogen-bond acceptors (Lipinski definition) is 8. The van der Waals surface area contributed by atoms with Gasteiger partial charge >= 0.3 is 5.63 Å². The van der Waals surface area contributed by atoms with Crippen molar-refractivity contribution in [3.05, 3.63) is 34.4 Å². The molecular weight excluding hydrogens is 416 g/mol. The first-order chi connectivity index (χ1) is 15.0. The van der Waals surface area contributed by atoms with Gasteiger partial charge in [-0.1, -0.05) is 6.92 Å². The molecule has 4 aliphatic rings. The highest BCUT2D eigenvalue weighted by molar-refractivity contribution is 5.93. The Morgan fingerprint density at radius 1 is 0.969 bits per heavy atom. The van der Waals surface area contributed by atoms with Crippen LogP contribution < -0.4 is 5.63 Å². The minimum absolute atomic E-state index is 0.140. The zero-order valence-electron chi connectivity index (χ0n) is 18.3. The molecule has 0 bridgehead atoms. The maximum Gasteiger partial charge on any atom is 0.335 e. The van der Waals surface area contributed by atoms with Crippen molar-refractivity contribution < 1.29 is 34.7 Å². The van der Waals surface area contributed by atoms with E-state index in [1.807, 2.05) is 6.92 Å². The van der Waals surface area contributed by atoms with Crippen molar-refractivity contribution in [1.29, 1.82) is 0 Å². The largest absolute Gasteiger partial charge is 0.431 e. The lowest BCUT2D eigenvalue weighted by Crippen LogP contribution is -2.72. The molecule has 0 saturated heterocycles.